The Balaban J connectivity index is 2.55. The molecule has 1 fully saturated rings. The highest BCUT2D eigenvalue weighted by atomic mass is 16.6. The largest absolute Gasteiger partial charge is 0.455 e. The number of ether oxygens (including phenoxy) is 1. The highest BCUT2D eigenvalue weighted by molar-refractivity contribution is 5.82. The fraction of sp³-hybridized carbons (Fsp3) is 0.824. The second-order valence-electron chi connectivity index (χ2n) is 8.06. The van der Waals surface area contributed by atoms with Gasteiger partial charge in [0.2, 0.25) is 0 Å². The van der Waals surface area contributed by atoms with Crippen LogP contribution in [-0.2, 0) is 9.53 Å². The molecule has 1 saturated heterocycles. The fourth-order valence-corrected chi connectivity index (χ4v) is 3.34. The van der Waals surface area contributed by atoms with Crippen LogP contribution in [0.1, 0.15) is 61.3 Å². The first-order chi connectivity index (χ1) is 9.45. The van der Waals surface area contributed by atoms with Crippen LogP contribution in [0.25, 0.3) is 0 Å². The molecule has 2 N–H and O–H groups in total. The second kappa shape index (κ2) is 6.49. The van der Waals surface area contributed by atoms with Crippen LogP contribution >= 0.6 is 0 Å². The molecule has 0 spiro atoms. The summed E-state index contributed by atoms with van der Waals surface area (Å²) in [7, 11) is 0. The van der Waals surface area contributed by atoms with E-state index in [2.05, 4.69) is 38.3 Å². The van der Waals surface area contributed by atoms with Gasteiger partial charge in [-0.15, -0.1) is 0 Å². The van der Waals surface area contributed by atoms with Crippen LogP contribution < -0.4 is 10.6 Å². The Morgan fingerprint density at radius 3 is 2.29 bits per heavy atom. The molecule has 0 radical (unpaired) electrons. The molecule has 1 aliphatic rings. The minimum Gasteiger partial charge on any atom is -0.455 e. The predicted octanol–water partition coefficient (Wildman–Crippen LogP) is 2.78. The van der Waals surface area contributed by atoms with Crippen molar-refractivity contribution in [3.8, 4) is 0 Å². The molecular formula is C17H32N2O2. The number of esters is 1. The lowest BCUT2D eigenvalue weighted by Crippen LogP contribution is -2.62. The number of hydrogen-bond acceptors (Lipinski definition) is 4. The van der Waals surface area contributed by atoms with Crippen molar-refractivity contribution in [1.82, 2.24) is 10.6 Å². The van der Waals surface area contributed by atoms with E-state index in [1.807, 2.05) is 20.8 Å². The Hall–Kier alpha value is -0.870. The summed E-state index contributed by atoms with van der Waals surface area (Å²) in [6.45, 7) is 15.3. The van der Waals surface area contributed by atoms with Crippen LogP contribution in [0, 0.1) is 0 Å². The summed E-state index contributed by atoms with van der Waals surface area (Å²) in [5.74, 6) is -0.282. The van der Waals surface area contributed by atoms with Crippen LogP contribution in [0.2, 0.25) is 0 Å². The monoisotopic (exact) mass is 296 g/mol. The molecule has 0 aromatic heterocycles. The first-order valence-electron chi connectivity index (χ1n) is 7.83. The first kappa shape index (κ1) is 18.2. The maximum absolute atomic E-state index is 11.6. The molecule has 0 amide bonds. The molecule has 0 atom stereocenters. The van der Waals surface area contributed by atoms with Gasteiger partial charge in [-0.05, 0) is 61.3 Å². The Morgan fingerprint density at radius 1 is 1.29 bits per heavy atom. The molecule has 0 aromatic rings. The molecule has 0 unspecified atom stereocenters. The SMILES string of the molecule is CC=CC(=O)OC(C)(C)CNC1CC(C)(C)NC(C)(C)C1. The maximum Gasteiger partial charge on any atom is 0.330 e. The van der Waals surface area contributed by atoms with Gasteiger partial charge in [-0.3, -0.25) is 0 Å². The molecule has 4 heteroatoms. The summed E-state index contributed by atoms with van der Waals surface area (Å²) in [4.78, 5) is 11.6. The normalized spacial score (nSPS) is 22.4. The first-order valence-corrected chi connectivity index (χ1v) is 7.83. The number of rotatable bonds is 5. The summed E-state index contributed by atoms with van der Waals surface area (Å²) in [5.41, 5.74) is -0.272. The van der Waals surface area contributed by atoms with Gasteiger partial charge in [0, 0.05) is 29.7 Å². The van der Waals surface area contributed by atoms with Crippen LogP contribution in [0.15, 0.2) is 12.2 Å². The fourth-order valence-electron chi connectivity index (χ4n) is 3.34. The van der Waals surface area contributed by atoms with Crippen molar-refractivity contribution in [3.05, 3.63) is 12.2 Å². The van der Waals surface area contributed by atoms with Crippen molar-refractivity contribution in [1.29, 1.82) is 0 Å². The van der Waals surface area contributed by atoms with Gasteiger partial charge in [-0.2, -0.15) is 0 Å². The number of carbonyl (C=O) groups excluding carboxylic acids is 1. The lowest BCUT2D eigenvalue weighted by atomic mass is 9.79. The lowest BCUT2D eigenvalue weighted by Gasteiger charge is -2.47. The summed E-state index contributed by atoms with van der Waals surface area (Å²) in [5, 5.41) is 7.25. The van der Waals surface area contributed by atoms with Crippen molar-refractivity contribution in [2.24, 2.45) is 0 Å². The van der Waals surface area contributed by atoms with Crippen molar-refractivity contribution in [2.75, 3.05) is 6.54 Å². The average molecular weight is 296 g/mol. The number of nitrogens with one attached hydrogen (secondary N) is 2. The van der Waals surface area contributed by atoms with E-state index in [1.165, 1.54) is 6.08 Å². The Labute approximate surface area is 129 Å². The van der Waals surface area contributed by atoms with Crippen molar-refractivity contribution in [2.45, 2.75) is 84.0 Å². The highest BCUT2D eigenvalue weighted by Crippen LogP contribution is 2.28. The van der Waals surface area contributed by atoms with E-state index < -0.39 is 5.60 Å². The van der Waals surface area contributed by atoms with Gasteiger partial charge in [0.15, 0.2) is 0 Å². The van der Waals surface area contributed by atoms with Gasteiger partial charge in [0.25, 0.3) is 0 Å². The third-order valence-electron chi connectivity index (χ3n) is 3.69. The molecule has 122 valence electrons. The van der Waals surface area contributed by atoms with E-state index in [0.29, 0.717) is 12.6 Å². The van der Waals surface area contributed by atoms with Gasteiger partial charge < -0.3 is 15.4 Å². The van der Waals surface area contributed by atoms with Crippen molar-refractivity contribution < 1.29 is 9.53 Å². The van der Waals surface area contributed by atoms with E-state index in [9.17, 15) is 4.79 Å². The topological polar surface area (TPSA) is 50.4 Å². The zero-order valence-corrected chi connectivity index (χ0v) is 14.7. The second-order valence-corrected chi connectivity index (χ2v) is 8.06. The number of allylic oxidation sites excluding steroid dienone is 1. The standard InChI is InChI=1S/C17H32N2O2/c1-8-9-14(20)21-17(6,7)12-18-13-10-15(2,3)19-16(4,5)11-13/h8-9,13,18-19H,10-12H2,1-7H3. The third-order valence-corrected chi connectivity index (χ3v) is 3.69. The Kier molecular flexibility index (Phi) is 5.62. The maximum atomic E-state index is 11.6. The van der Waals surface area contributed by atoms with Gasteiger partial charge in [0.1, 0.15) is 5.60 Å². The van der Waals surface area contributed by atoms with Crippen LogP contribution in [0.4, 0.5) is 0 Å². The molecule has 0 aromatic carbocycles. The molecular weight excluding hydrogens is 264 g/mol. The average Bonchev–Trinajstić information content (AvgIpc) is 2.21. The van der Waals surface area contributed by atoms with E-state index in [1.54, 1.807) is 6.08 Å². The molecule has 1 rings (SSSR count). The van der Waals surface area contributed by atoms with E-state index in [0.717, 1.165) is 12.8 Å². The number of carbonyl (C=O) groups is 1. The van der Waals surface area contributed by atoms with Gasteiger partial charge in [-0.1, -0.05) is 6.08 Å². The molecule has 21 heavy (non-hydrogen) atoms. The van der Waals surface area contributed by atoms with Crippen molar-refractivity contribution in [3.63, 3.8) is 0 Å². The summed E-state index contributed by atoms with van der Waals surface area (Å²) < 4.78 is 5.47. The summed E-state index contributed by atoms with van der Waals surface area (Å²) in [6, 6.07) is 0.427. The minimum atomic E-state index is -0.504. The molecule has 1 aliphatic heterocycles. The van der Waals surface area contributed by atoms with E-state index in [-0.39, 0.29) is 17.0 Å². The number of piperidine rings is 1. The highest BCUT2D eigenvalue weighted by Gasteiger charge is 2.38. The molecule has 0 bridgehead atoms. The molecule has 0 saturated carbocycles. The lowest BCUT2D eigenvalue weighted by molar-refractivity contribution is -0.150. The van der Waals surface area contributed by atoms with Crippen LogP contribution in [0.3, 0.4) is 0 Å². The minimum absolute atomic E-state index is 0.116. The third kappa shape index (κ3) is 6.62. The van der Waals surface area contributed by atoms with Crippen molar-refractivity contribution >= 4 is 5.97 Å². The van der Waals surface area contributed by atoms with Gasteiger partial charge in [0.05, 0.1) is 0 Å². The summed E-state index contributed by atoms with van der Waals surface area (Å²) in [6.07, 6.45) is 5.28. The predicted molar refractivity (Wildman–Crippen MR) is 87.3 cm³/mol. The molecule has 1 heterocycles. The quantitative estimate of drug-likeness (QED) is 0.605. The van der Waals surface area contributed by atoms with Crippen LogP contribution in [0.5, 0.6) is 0 Å². The number of hydrogen-bond donors (Lipinski definition) is 2. The summed E-state index contributed by atoms with van der Waals surface area (Å²) >= 11 is 0. The zero-order chi connectivity index (χ0) is 16.3. The zero-order valence-electron chi connectivity index (χ0n) is 14.7. The molecule has 0 aliphatic carbocycles. The smallest absolute Gasteiger partial charge is 0.330 e. The molecule has 4 nitrogen and oxygen atoms in total. The Bertz CT molecular complexity index is 382. The van der Waals surface area contributed by atoms with E-state index >= 15 is 0 Å². The van der Waals surface area contributed by atoms with E-state index in [4.69, 9.17) is 4.74 Å². The van der Waals surface area contributed by atoms with Crippen LogP contribution in [-0.4, -0.2) is 35.2 Å². The Morgan fingerprint density at radius 2 is 1.81 bits per heavy atom. The van der Waals surface area contributed by atoms with Gasteiger partial charge in [-0.25, -0.2) is 4.79 Å². The van der Waals surface area contributed by atoms with Gasteiger partial charge >= 0.3 is 5.97 Å².